The van der Waals surface area contributed by atoms with Crippen molar-refractivity contribution in [1.29, 1.82) is 0 Å². The van der Waals surface area contributed by atoms with Crippen molar-refractivity contribution in [2.45, 2.75) is 45.1 Å². The molecule has 1 unspecified atom stereocenters. The zero-order valence-corrected chi connectivity index (χ0v) is 11.2. The third-order valence-electron chi connectivity index (χ3n) is 3.53. The number of piperidine rings is 1. The first-order chi connectivity index (χ1) is 8.69. The summed E-state index contributed by atoms with van der Waals surface area (Å²) in [5, 5.41) is 3.50. The van der Waals surface area contributed by atoms with Gasteiger partial charge in [-0.2, -0.15) is 0 Å². The van der Waals surface area contributed by atoms with E-state index in [2.05, 4.69) is 22.1 Å². The zero-order chi connectivity index (χ0) is 13.0. The molecule has 2 fully saturated rings. The lowest BCUT2D eigenvalue weighted by molar-refractivity contribution is -0.119. The van der Waals surface area contributed by atoms with E-state index >= 15 is 0 Å². The van der Waals surface area contributed by atoms with Crippen LogP contribution in [0.2, 0.25) is 0 Å². The Labute approximate surface area is 109 Å². The lowest BCUT2D eigenvalue weighted by Crippen LogP contribution is -2.47. The number of carbonyl (C=O) groups excluding carboxylic acids is 1. The van der Waals surface area contributed by atoms with Crippen molar-refractivity contribution in [2.75, 3.05) is 19.6 Å². The van der Waals surface area contributed by atoms with E-state index in [0.29, 0.717) is 18.4 Å². The second-order valence-electron chi connectivity index (χ2n) is 5.34. The van der Waals surface area contributed by atoms with Gasteiger partial charge in [0.15, 0.2) is 5.96 Å². The van der Waals surface area contributed by atoms with E-state index in [1.807, 2.05) is 0 Å². The Kier molecular flexibility index (Phi) is 4.44. The largest absolute Gasteiger partial charge is 0.370 e. The van der Waals surface area contributed by atoms with Crippen LogP contribution in [0.3, 0.4) is 0 Å². The molecule has 0 radical (unpaired) electrons. The molecule has 2 aliphatic rings. The fraction of sp³-hybridized carbons (Fsp3) is 0.846. The lowest BCUT2D eigenvalue weighted by atomic mass is 9.95. The summed E-state index contributed by atoms with van der Waals surface area (Å²) in [7, 11) is 0. The van der Waals surface area contributed by atoms with Crippen molar-refractivity contribution in [3.05, 3.63) is 0 Å². The molecule has 18 heavy (non-hydrogen) atoms. The Morgan fingerprint density at radius 3 is 2.83 bits per heavy atom. The summed E-state index contributed by atoms with van der Waals surface area (Å²) in [6.45, 7) is 4.79. The molecule has 1 heterocycles. The number of hydrogen-bond donors (Lipinski definition) is 2. The highest BCUT2D eigenvalue weighted by molar-refractivity contribution is 5.81. The van der Waals surface area contributed by atoms with Crippen molar-refractivity contribution >= 4 is 11.9 Å². The van der Waals surface area contributed by atoms with Crippen LogP contribution in [0.15, 0.2) is 4.99 Å². The molecule has 0 bridgehead atoms. The highest BCUT2D eigenvalue weighted by Gasteiger charge is 2.28. The predicted molar refractivity (Wildman–Crippen MR) is 72.2 cm³/mol. The van der Waals surface area contributed by atoms with Crippen LogP contribution in [0, 0.1) is 5.92 Å². The van der Waals surface area contributed by atoms with Gasteiger partial charge in [-0.05, 0) is 38.5 Å². The van der Waals surface area contributed by atoms with Gasteiger partial charge in [0, 0.05) is 32.1 Å². The first kappa shape index (κ1) is 13.2. The fourth-order valence-electron chi connectivity index (χ4n) is 2.51. The second kappa shape index (κ2) is 6.07. The monoisotopic (exact) mass is 252 g/mol. The molecule has 5 nitrogen and oxygen atoms in total. The summed E-state index contributed by atoms with van der Waals surface area (Å²) >= 11 is 0. The Balaban J connectivity index is 1.91. The van der Waals surface area contributed by atoms with Crippen LogP contribution in [-0.2, 0) is 4.79 Å². The van der Waals surface area contributed by atoms with E-state index < -0.39 is 0 Å². The number of likely N-dealkylation sites (tertiary alicyclic amines) is 1. The van der Waals surface area contributed by atoms with Gasteiger partial charge < -0.3 is 16.0 Å². The Morgan fingerprint density at radius 1 is 1.44 bits per heavy atom. The minimum Gasteiger partial charge on any atom is -0.370 e. The Morgan fingerprint density at radius 2 is 2.22 bits per heavy atom. The third-order valence-corrected chi connectivity index (χ3v) is 3.53. The molecule has 1 amide bonds. The number of amides is 1. The number of hydrogen-bond acceptors (Lipinski definition) is 2. The van der Waals surface area contributed by atoms with Crippen molar-refractivity contribution in [3.63, 3.8) is 0 Å². The Hall–Kier alpha value is -1.26. The first-order valence-electron chi connectivity index (χ1n) is 7.03. The van der Waals surface area contributed by atoms with Gasteiger partial charge >= 0.3 is 0 Å². The molecule has 2 rings (SSSR count). The summed E-state index contributed by atoms with van der Waals surface area (Å²) in [6.07, 6.45) is 5.22. The van der Waals surface area contributed by atoms with Crippen molar-refractivity contribution in [3.8, 4) is 0 Å². The number of rotatable bonds is 4. The van der Waals surface area contributed by atoms with Crippen LogP contribution >= 0.6 is 0 Å². The summed E-state index contributed by atoms with van der Waals surface area (Å²) < 4.78 is 0. The number of carbonyl (C=O) groups is 1. The number of guanidine groups is 1. The molecule has 1 saturated heterocycles. The van der Waals surface area contributed by atoms with E-state index in [0.717, 1.165) is 38.4 Å². The second-order valence-corrected chi connectivity index (χ2v) is 5.34. The molecule has 0 spiro atoms. The molecule has 0 aromatic carbocycles. The minimum absolute atomic E-state index is 0.189. The van der Waals surface area contributed by atoms with Crippen LogP contribution in [0.1, 0.15) is 39.0 Å². The van der Waals surface area contributed by atoms with Crippen LogP contribution in [-0.4, -0.2) is 42.4 Å². The number of primary amides is 1. The van der Waals surface area contributed by atoms with Gasteiger partial charge in [0.1, 0.15) is 0 Å². The summed E-state index contributed by atoms with van der Waals surface area (Å²) in [5.74, 6) is 1.22. The van der Waals surface area contributed by atoms with Gasteiger partial charge in [-0.15, -0.1) is 0 Å². The lowest BCUT2D eigenvalue weighted by Gasteiger charge is -2.34. The SMILES string of the molecule is CCN=C(NC1CC1)N1CCCC(CC(N)=O)C1. The number of nitrogens with two attached hydrogens (primary N) is 1. The highest BCUT2D eigenvalue weighted by atomic mass is 16.1. The molecule has 102 valence electrons. The van der Waals surface area contributed by atoms with Gasteiger partial charge in [-0.3, -0.25) is 9.79 Å². The normalized spacial score (nSPS) is 25.1. The average Bonchev–Trinajstić information content (AvgIpc) is 3.12. The maximum absolute atomic E-state index is 11.0. The van der Waals surface area contributed by atoms with Crippen LogP contribution in [0.5, 0.6) is 0 Å². The van der Waals surface area contributed by atoms with Crippen molar-refractivity contribution in [2.24, 2.45) is 16.6 Å². The summed E-state index contributed by atoms with van der Waals surface area (Å²) in [6, 6.07) is 0.617. The fourth-order valence-corrected chi connectivity index (χ4v) is 2.51. The summed E-state index contributed by atoms with van der Waals surface area (Å²) in [4.78, 5) is 17.9. The maximum Gasteiger partial charge on any atom is 0.217 e. The molecule has 3 N–H and O–H groups in total. The molecule has 5 heteroatoms. The van der Waals surface area contributed by atoms with E-state index in [1.165, 1.54) is 12.8 Å². The number of aliphatic imine (C=N–C) groups is 1. The van der Waals surface area contributed by atoms with Gasteiger partial charge in [-0.25, -0.2) is 0 Å². The first-order valence-corrected chi connectivity index (χ1v) is 7.03. The third kappa shape index (κ3) is 3.89. The standard InChI is InChI=1S/C13H24N4O/c1-2-15-13(16-11-5-6-11)17-7-3-4-10(9-17)8-12(14)18/h10-11H,2-9H2,1H3,(H2,14,18)(H,15,16). The molecule has 0 aromatic rings. The van der Waals surface area contributed by atoms with E-state index in [4.69, 9.17) is 5.73 Å². The average molecular weight is 252 g/mol. The van der Waals surface area contributed by atoms with E-state index in [9.17, 15) is 4.79 Å². The van der Waals surface area contributed by atoms with Gasteiger partial charge in [0.2, 0.25) is 5.91 Å². The molecular formula is C13H24N4O. The quantitative estimate of drug-likeness (QED) is 0.571. The van der Waals surface area contributed by atoms with Crippen molar-refractivity contribution < 1.29 is 4.79 Å². The van der Waals surface area contributed by atoms with E-state index in [-0.39, 0.29) is 5.91 Å². The molecule has 0 aromatic heterocycles. The van der Waals surface area contributed by atoms with Crippen molar-refractivity contribution in [1.82, 2.24) is 10.2 Å². The number of nitrogens with one attached hydrogen (secondary N) is 1. The number of nitrogens with zero attached hydrogens (tertiary/aromatic N) is 2. The summed E-state index contributed by atoms with van der Waals surface area (Å²) in [5.41, 5.74) is 5.29. The van der Waals surface area contributed by atoms with Crippen LogP contribution < -0.4 is 11.1 Å². The predicted octanol–water partition coefficient (Wildman–Crippen LogP) is 0.702. The smallest absolute Gasteiger partial charge is 0.217 e. The molecule has 1 saturated carbocycles. The van der Waals surface area contributed by atoms with Gasteiger partial charge in [-0.1, -0.05) is 0 Å². The minimum atomic E-state index is -0.189. The van der Waals surface area contributed by atoms with Crippen LogP contribution in [0.25, 0.3) is 0 Å². The Bertz CT molecular complexity index is 325. The van der Waals surface area contributed by atoms with Gasteiger partial charge in [0.05, 0.1) is 0 Å². The molecule has 1 aliphatic carbocycles. The van der Waals surface area contributed by atoms with Crippen LogP contribution in [0.4, 0.5) is 0 Å². The zero-order valence-electron chi connectivity index (χ0n) is 11.2. The highest BCUT2D eigenvalue weighted by Crippen LogP contribution is 2.22. The molecule has 1 aliphatic heterocycles. The molecular weight excluding hydrogens is 228 g/mol. The maximum atomic E-state index is 11.0. The topological polar surface area (TPSA) is 70.7 Å². The molecule has 1 atom stereocenters. The van der Waals surface area contributed by atoms with Gasteiger partial charge in [0.25, 0.3) is 0 Å². The van der Waals surface area contributed by atoms with E-state index in [1.54, 1.807) is 0 Å².